The Labute approximate surface area is 232 Å². The van der Waals surface area contributed by atoms with Gasteiger partial charge in [-0.3, -0.25) is 4.79 Å². The molecule has 8 heteroatoms. The molecule has 0 fully saturated rings. The van der Waals surface area contributed by atoms with E-state index in [1.165, 1.54) is 4.68 Å². The Kier molecular flexibility index (Phi) is 7.60. The standard InChI is InChI=1S/C29H22BrCl2N3O2/c1-2-5-28-34-26-12-10-20(30)15-22(26)29(36)35(28)33-16-23-21-7-4-3-6-19(21)9-13-27(23)37-17-18-8-11-24(31)25(32)14-18/h3-4,6-16H,2,5,17H2,1H3. The van der Waals surface area contributed by atoms with Crippen LogP contribution in [0.2, 0.25) is 10.0 Å². The number of hydrogen-bond donors (Lipinski definition) is 0. The molecular formula is C29H22BrCl2N3O2. The number of aryl methyl sites for hydroxylation is 1. The molecule has 5 nitrogen and oxygen atoms in total. The first kappa shape index (κ1) is 25.5. The maximum absolute atomic E-state index is 13.5. The topological polar surface area (TPSA) is 56.5 Å². The van der Waals surface area contributed by atoms with E-state index in [2.05, 4.69) is 21.0 Å². The highest BCUT2D eigenvalue weighted by molar-refractivity contribution is 9.10. The van der Waals surface area contributed by atoms with Crippen molar-refractivity contribution in [2.24, 2.45) is 5.10 Å². The lowest BCUT2D eigenvalue weighted by atomic mass is 10.0. The molecule has 0 radical (unpaired) electrons. The number of aromatic nitrogens is 2. The van der Waals surface area contributed by atoms with Gasteiger partial charge in [0.25, 0.3) is 5.56 Å². The first-order chi connectivity index (χ1) is 17.9. The molecule has 0 unspecified atom stereocenters. The molecule has 37 heavy (non-hydrogen) atoms. The summed E-state index contributed by atoms with van der Waals surface area (Å²) in [7, 11) is 0. The number of halogens is 3. The summed E-state index contributed by atoms with van der Waals surface area (Å²) in [5.74, 6) is 1.24. The van der Waals surface area contributed by atoms with Crippen molar-refractivity contribution in [3.63, 3.8) is 0 Å². The SMILES string of the molecule is CCCc1nc2ccc(Br)cc2c(=O)n1N=Cc1c(OCc2ccc(Cl)c(Cl)c2)ccc2ccccc12. The molecule has 0 aliphatic carbocycles. The Hall–Kier alpha value is -3.19. The maximum Gasteiger partial charge on any atom is 0.282 e. The van der Waals surface area contributed by atoms with Gasteiger partial charge in [0.05, 0.1) is 27.2 Å². The number of ether oxygens (including phenoxy) is 1. The van der Waals surface area contributed by atoms with Gasteiger partial charge in [-0.2, -0.15) is 9.78 Å². The zero-order valence-electron chi connectivity index (χ0n) is 19.9. The molecule has 0 saturated heterocycles. The summed E-state index contributed by atoms with van der Waals surface area (Å²) < 4.78 is 8.41. The van der Waals surface area contributed by atoms with Crippen LogP contribution < -0.4 is 10.3 Å². The quantitative estimate of drug-likeness (QED) is 0.179. The summed E-state index contributed by atoms with van der Waals surface area (Å²) in [6.45, 7) is 2.34. The number of fused-ring (bicyclic) bond motifs is 2. The van der Waals surface area contributed by atoms with Gasteiger partial charge in [0.2, 0.25) is 0 Å². The lowest BCUT2D eigenvalue weighted by molar-refractivity contribution is 0.306. The van der Waals surface area contributed by atoms with Crippen LogP contribution in [0, 0.1) is 0 Å². The van der Waals surface area contributed by atoms with Gasteiger partial charge in [-0.1, -0.05) is 82.5 Å². The smallest absolute Gasteiger partial charge is 0.282 e. The third-order valence-corrected chi connectivity index (χ3v) is 7.19. The molecule has 0 spiro atoms. The van der Waals surface area contributed by atoms with E-state index in [4.69, 9.17) is 32.9 Å². The fraction of sp³-hybridized carbons (Fsp3) is 0.138. The summed E-state index contributed by atoms with van der Waals surface area (Å²) >= 11 is 15.7. The Morgan fingerprint density at radius 3 is 2.65 bits per heavy atom. The largest absolute Gasteiger partial charge is 0.488 e. The van der Waals surface area contributed by atoms with Crippen molar-refractivity contribution < 1.29 is 4.74 Å². The fourth-order valence-electron chi connectivity index (χ4n) is 4.14. The van der Waals surface area contributed by atoms with Gasteiger partial charge < -0.3 is 4.74 Å². The van der Waals surface area contributed by atoms with Crippen LogP contribution in [0.1, 0.15) is 30.3 Å². The van der Waals surface area contributed by atoms with E-state index in [-0.39, 0.29) is 5.56 Å². The van der Waals surface area contributed by atoms with Crippen molar-refractivity contribution in [2.45, 2.75) is 26.4 Å². The summed E-state index contributed by atoms with van der Waals surface area (Å²) in [6, 6.07) is 22.8. The van der Waals surface area contributed by atoms with Gasteiger partial charge in [-0.25, -0.2) is 4.98 Å². The minimum Gasteiger partial charge on any atom is -0.488 e. The van der Waals surface area contributed by atoms with Crippen LogP contribution in [0.15, 0.2) is 87.2 Å². The van der Waals surface area contributed by atoms with Crippen molar-refractivity contribution >= 4 is 67.0 Å². The highest BCUT2D eigenvalue weighted by atomic mass is 79.9. The third-order valence-electron chi connectivity index (χ3n) is 5.96. The zero-order chi connectivity index (χ0) is 25.9. The lowest BCUT2D eigenvalue weighted by Crippen LogP contribution is -2.22. The maximum atomic E-state index is 13.5. The molecule has 0 amide bonds. The van der Waals surface area contributed by atoms with Crippen molar-refractivity contribution in [1.29, 1.82) is 0 Å². The van der Waals surface area contributed by atoms with Crippen molar-refractivity contribution in [3.8, 4) is 5.75 Å². The van der Waals surface area contributed by atoms with Gasteiger partial charge in [-0.05, 0) is 59.2 Å². The first-order valence-corrected chi connectivity index (χ1v) is 13.3. The molecule has 0 saturated carbocycles. The van der Waals surface area contributed by atoms with Crippen molar-refractivity contribution in [3.05, 3.63) is 115 Å². The summed E-state index contributed by atoms with van der Waals surface area (Å²) in [6.07, 6.45) is 3.13. The predicted molar refractivity (Wildman–Crippen MR) is 155 cm³/mol. The second kappa shape index (κ2) is 11.1. The number of nitrogens with zero attached hydrogens (tertiary/aromatic N) is 3. The van der Waals surface area contributed by atoms with Crippen LogP contribution in [0.3, 0.4) is 0 Å². The highest BCUT2D eigenvalue weighted by Crippen LogP contribution is 2.29. The molecule has 0 atom stereocenters. The molecule has 0 aliphatic heterocycles. The number of hydrogen-bond acceptors (Lipinski definition) is 4. The van der Waals surface area contributed by atoms with Crippen molar-refractivity contribution in [2.75, 3.05) is 0 Å². The minimum atomic E-state index is -0.218. The van der Waals surface area contributed by atoms with Gasteiger partial charge >= 0.3 is 0 Å². The molecule has 0 bridgehead atoms. The Morgan fingerprint density at radius 2 is 1.84 bits per heavy atom. The van der Waals surface area contributed by atoms with Crippen LogP contribution in [0.5, 0.6) is 5.75 Å². The molecule has 1 heterocycles. The Bertz CT molecular complexity index is 1720. The van der Waals surface area contributed by atoms with Crippen LogP contribution in [-0.2, 0) is 13.0 Å². The zero-order valence-corrected chi connectivity index (χ0v) is 23.0. The van der Waals surface area contributed by atoms with Gasteiger partial charge in [0.15, 0.2) is 0 Å². The highest BCUT2D eigenvalue weighted by Gasteiger charge is 2.13. The molecule has 186 valence electrons. The summed E-state index contributed by atoms with van der Waals surface area (Å²) in [5, 5.41) is 8.11. The first-order valence-electron chi connectivity index (χ1n) is 11.8. The Morgan fingerprint density at radius 1 is 1.00 bits per heavy atom. The van der Waals surface area contributed by atoms with Gasteiger partial charge in [-0.15, -0.1) is 0 Å². The summed E-state index contributed by atoms with van der Waals surface area (Å²) in [4.78, 5) is 18.2. The van der Waals surface area contributed by atoms with E-state index in [0.717, 1.165) is 32.8 Å². The van der Waals surface area contributed by atoms with Crippen LogP contribution in [0.4, 0.5) is 0 Å². The van der Waals surface area contributed by atoms with E-state index in [0.29, 0.717) is 45.5 Å². The Balaban J connectivity index is 1.60. The average molecular weight is 595 g/mol. The minimum absolute atomic E-state index is 0.218. The van der Waals surface area contributed by atoms with E-state index < -0.39 is 0 Å². The fourth-order valence-corrected chi connectivity index (χ4v) is 4.82. The predicted octanol–water partition coefficient (Wildman–Crippen LogP) is 8.03. The molecular weight excluding hydrogens is 573 g/mol. The molecule has 4 aromatic carbocycles. The molecule has 1 aromatic heterocycles. The molecule has 5 aromatic rings. The summed E-state index contributed by atoms with van der Waals surface area (Å²) in [5.41, 5.74) is 2.08. The molecule has 5 rings (SSSR count). The second-order valence-corrected chi connectivity index (χ2v) is 10.3. The average Bonchev–Trinajstić information content (AvgIpc) is 2.90. The number of rotatable bonds is 7. The van der Waals surface area contributed by atoms with Gasteiger partial charge in [0.1, 0.15) is 18.2 Å². The van der Waals surface area contributed by atoms with E-state index >= 15 is 0 Å². The van der Waals surface area contributed by atoms with Gasteiger partial charge in [0, 0.05) is 16.5 Å². The lowest BCUT2D eigenvalue weighted by Gasteiger charge is -2.13. The van der Waals surface area contributed by atoms with Crippen LogP contribution >= 0.6 is 39.1 Å². The number of benzene rings is 4. The second-order valence-electron chi connectivity index (χ2n) is 8.54. The third kappa shape index (κ3) is 5.42. The molecule has 0 aliphatic rings. The van der Waals surface area contributed by atoms with E-state index in [9.17, 15) is 4.79 Å². The van der Waals surface area contributed by atoms with E-state index in [1.807, 2.05) is 61.5 Å². The molecule has 0 N–H and O–H groups in total. The monoisotopic (exact) mass is 593 g/mol. The van der Waals surface area contributed by atoms with E-state index in [1.54, 1.807) is 24.4 Å². The normalized spacial score (nSPS) is 11.6. The van der Waals surface area contributed by atoms with Crippen LogP contribution in [-0.4, -0.2) is 15.9 Å². The van der Waals surface area contributed by atoms with Crippen LogP contribution in [0.25, 0.3) is 21.7 Å². The van der Waals surface area contributed by atoms with Crippen molar-refractivity contribution in [1.82, 2.24) is 9.66 Å².